The molecule has 5 heteroatoms. The average Bonchev–Trinajstić information content (AvgIpc) is 3.04. The molecule has 21 heavy (non-hydrogen) atoms. The Morgan fingerprint density at radius 1 is 0.952 bits per heavy atom. The number of Topliss-reactive ketones (excluding diaryl/α,β-unsaturated/α-hetero) is 1. The van der Waals surface area contributed by atoms with Gasteiger partial charge in [0.1, 0.15) is 0 Å². The number of carbonyl (C=O) groups is 2. The zero-order valence-electron chi connectivity index (χ0n) is 11.3. The molecule has 0 saturated heterocycles. The van der Waals surface area contributed by atoms with Crippen LogP contribution in [0.5, 0.6) is 0 Å². The van der Waals surface area contributed by atoms with Crippen LogP contribution in [-0.4, -0.2) is 28.5 Å². The lowest BCUT2D eigenvalue weighted by Gasteiger charge is -2.11. The average molecular weight is 277 g/mol. The second-order valence-electron chi connectivity index (χ2n) is 4.98. The zero-order valence-corrected chi connectivity index (χ0v) is 11.3. The molecular weight excluding hydrogens is 266 g/mol. The van der Waals surface area contributed by atoms with Gasteiger partial charge < -0.3 is 4.90 Å². The van der Waals surface area contributed by atoms with Crippen LogP contribution in [0, 0.1) is 0 Å². The van der Waals surface area contributed by atoms with Gasteiger partial charge in [-0.15, -0.1) is 0 Å². The third-order valence-corrected chi connectivity index (χ3v) is 3.81. The first-order valence-corrected chi connectivity index (χ1v) is 6.57. The van der Waals surface area contributed by atoms with Gasteiger partial charge in [-0.1, -0.05) is 24.3 Å². The normalized spacial score (nSPS) is 14.0. The highest BCUT2D eigenvalue weighted by Crippen LogP contribution is 2.33. The number of ketones is 1. The summed E-state index contributed by atoms with van der Waals surface area (Å²) in [5, 5.41) is 5.35. The van der Waals surface area contributed by atoms with Crippen molar-refractivity contribution in [2.75, 3.05) is 11.9 Å². The molecule has 1 aromatic heterocycles. The van der Waals surface area contributed by atoms with Crippen molar-refractivity contribution in [2.45, 2.75) is 0 Å². The van der Waals surface area contributed by atoms with Gasteiger partial charge in [0.15, 0.2) is 0 Å². The van der Waals surface area contributed by atoms with Crippen LogP contribution in [0.1, 0.15) is 10.4 Å². The summed E-state index contributed by atoms with van der Waals surface area (Å²) in [5.41, 5.74) is 2.58. The Labute approximate surface area is 120 Å². The molecule has 0 fully saturated rings. The number of rotatable bonds is 1. The van der Waals surface area contributed by atoms with Crippen molar-refractivity contribution < 1.29 is 9.59 Å². The number of nitrogens with zero attached hydrogens (tertiary/aromatic N) is 3. The Bertz CT molecular complexity index is 911. The van der Waals surface area contributed by atoms with Gasteiger partial charge in [0.05, 0.1) is 28.7 Å². The molecule has 0 saturated carbocycles. The van der Waals surface area contributed by atoms with E-state index in [0.717, 1.165) is 10.9 Å². The number of benzene rings is 2. The minimum Gasteiger partial charge on any atom is -0.308 e. The molecule has 0 atom stereocenters. The van der Waals surface area contributed by atoms with Crippen LogP contribution in [0.3, 0.4) is 0 Å². The molecule has 1 amide bonds. The summed E-state index contributed by atoms with van der Waals surface area (Å²) in [6.07, 6.45) is 1.75. The molecule has 3 aromatic rings. The number of carbonyl (C=O) groups excluding carboxylic acids is 2. The number of likely N-dealkylation sites (N-methyl/N-ethyl adjacent to an activating group) is 1. The second kappa shape index (κ2) is 4.02. The van der Waals surface area contributed by atoms with Gasteiger partial charge in [-0.05, 0) is 18.2 Å². The van der Waals surface area contributed by atoms with E-state index in [-0.39, 0.29) is 0 Å². The number of aromatic nitrogens is 2. The fraction of sp³-hybridized carbons (Fsp3) is 0.0625. The molecule has 1 aliphatic rings. The van der Waals surface area contributed by atoms with Gasteiger partial charge in [0.2, 0.25) is 0 Å². The Morgan fingerprint density at radius 3 is 2.57 bits per heavy atom. The Kier molecular flexibility index (Phi) is 2.27. The molecule has 102 valence electrons. The van der Waals surface area contributed by atoms with Crippen LogP contribution < -0.4 is 4.90 Å². The molecular formula is C16H11N3O2. The van der Waals surface area contributed by atoms with Gasteiger partial charge in [-0.2, -0.15) is 5.10 Å². The molecule has 2 heterocycles. The molecule has 0 unspecified atom stereocenters. The van der Waals surface area contributed by atoms with Crippen LogP contribution in [0.25, 0.3) is 16.6 Å². The van der Waals surface area contributed by atoms with Crippen molar-refractivity contribution in [1.29, 1.82) is 0 Å². The van der Waals surface area contributed by atoms with Crippen LogP contribution in [0.4, 0.5) is 5.69 Å². The van der Waals surface area contributed by atoms with Crippen molar-refractivity contribution in [1.82, 2.24) is 9.78 Å². The van der Waals surface area contributed by atoms with Gasteiger partial charge in [-0.3, -0.25) is 9.59 Å². The Morgan fingerprint density at radius 2 is 1.71 bits per heavy atom. The van der Waals surface area contributed by atoms with Crippen molar-refractivity contribution in [3.8, 4) is 5.69 Å². The van der Waals surface area contributed by atoms with Crippen molar-refractivity contribution in [3.05, 3.63) is 54.2 Å². The van der Waals surface area contributed by atoms with E-state index in [2.05, 4.69) is 5.10 Å². The number of hydrogen-bond acceptors (Lipinski definition) is 3. The highest BCUT2D eigenvalue weighted by molar-refractivity contribution is 6.53. The number of hydrogen-bond donors (Lipinski definition) is 0. The summed E-state index contributed by atoms with van der Waals surface area (Å²) in [4.78, 5) is 25.5. The number of anilines is 1. The maximum Gasteiger partial charge on any atom is 0.299 e. The Hall–Kier alpha value is -2.95. The molecule has 0 radical (unpaired) electrons. The van der Waals surface area contributed by atoms with E-state index < -0.39 is 11.7 Å². The summed E-state index contributed by atoms with van der Waals surface area (Å²) in [7, 11) is 1.61. The predicted octanol–water partition coefficient (Wildman–Crippen LogP) is 2.18. The van der Waals surface area contributed by atoms with E-state index in [1.165, 1.54) is 4.90 Å². The smallest absolute Gasteiger partial charge is 0.299 e. The maximum atomic E-state index is 12.2. The van der Waals surface area contributed by atoms with Crippen molar-refractivity contribution >= 4 is 28.3 Å². The van der Waals surface area contributed by atoms with Gasteiger partial charge in [0, 0.05) is 12.4 Å². The van der Waals surface area contributed by atoms with E-state index in [4.69, 9.17) is 0 Å². The van der Waals surface area contributed by atoms with Crippen LogP contribution >= 0.6 is 0 Å². The molecule has 0 spiro atoms. The van der Waals surface area contributed by atoms with E-state index in [1.807, 2.05) is 36.4 Å². The molecule has 0 aliphatic carbocycles. The summed E-state index contributed by atoms with van der Waals surface area (Å²) < 4.78 is 1.71. The maximum absolute atomic E-state index is 12.2. The second-order valence-corrected chi connectivity index (χ2v) is 4.98. The molecule has 0 N–H and O–H groups in total. The zero-order chi connectivity index (χ0) is 14.6. The van der Waals surface area contributed by atoms with E-state index in [9.17, 15) is 9.59 Å². The molecule has 2 aromatic carbocycles. The lowest BCUT2D eigenvalue weighted by Crippen LogP contribution is -2.24. The molecule has 5 nitrogen and oxygen atoms in total. The molecule has 0 bridgehead atoms. The first-order chi connectivity index (χ1) is 10.2. The fourth-order valence-corrected chi connectivity index (χ4v) is 2.75. The lowest BCUT2D eigenvalue weighted by atomic mass is 10.1. The van der Waals surface area contributed by atoms with Gasteiger partial charge in [-0.25, -0.2) is 4.68 Å². The summed E-state index contributed by atoms with van der Waals surface area (Å²) in [6.45, 7) is 0. The number of amides is 1. The minimum absolute atomic E-state index is 0.416. The summed E-state index contributed by atoms with van der Waals surface area (Å²) >= 11 is 0. The fourth-order valence-electron chi connectivity index (χ4n) is 2.75. The summed E-state index contributed by atoms with van der Waals surface area (Å²) in [5.74, 6) is -0.989. The standard InChI is InChI=1S/C16H11N3O2/c1-18-12-7-4-8-13(14(12)15(20)16(18)21)19-11-6-3-2-5-10(11)9-17-19/h2-9H,1H3. The largest absolute Gasteiger partial charge is 0.308 e. The third kappa shape index (κ3) is 1.48. The lowest BCUT2D eigenvalue weighted by molar-refractivity contribution is -0.114. The van der Waals surface area contributed by atoms with Crippen molar-refractivity contribution in [2.24, 2.45) is 0 Å². The highest BCUT2D eigenvalue weighted by Gasteiger charge is 2.36. The highest BCUT2D eigenvalue weighted by atomic mass is 16.2. The summed E-state index contributed by atoms with van der Waals surface area (Å²) in [6, 6.07) is 13.2. The minimum atomic E-state index is -0.506. The quantitative estimate of drug-likeness (QED) is 0.641. The van der Waals surface area contributed by atoms with E-state index >= 15 is 0 Å². The number of fused-ring (bicyclic) bond motifs is 2. The van der Waals surface area contributed by atoms with Crippen LogP contribution in [-0.2, 0) is 4.79 Å². The third-order valence-electron chi connectivity index (χ3n) is 3.81. The van der Waals surface area contributed by atoms with E-state index in [1.54, 1.807) is 24.0 Å². The SMILES string of the molecule is CN1C(=O)C(=O)c2c1cccc2-n1ncc2ccccc21. The Balaban J connectivity index is 2.04. The topological polar surface area (TPSA) is 55.2 Å². The van der Waals surface area contributed by atoms with Gasteiger partial charge >= 0.3 is 0 Å². The van der Waals surface area contributed by atoms with Crippen molar-refractivity contribution in [3.63, 3.8) is 0 Å². The van der Waals surface area contributed by atoms with Crippen LogP contribution in [0.15, 0.2) is 48.7 Å². The number of para-hydroxylation sites is 1. The first kappa shape index (κ1) is 11.8. The van der Waals surface area contributed by atoms with E-state index in [0.29, 0.717) is 16.9 Å². The predicted molar refractivity (Wildman–Crippen MR) is 78.8 cm³/mol. The molecule has 4 rings (SSSR count). The first-order valence-electron chi connectivity index (χ1n) is 6.57. The van der Waals surface area contributed by atoms with Crippen LogP contribution in [0.2, 0.25) is 0 Å². The molecule has 1 aliphatic heterocycles. The monoisotopic (exact) mass is 277 g/mol. The van der Waals surface area contributed by atoms with Gasteiger partial charge in [0.25, 0.3) is 11.7 Å².